The lowest BCUT2D eigenvalue weighted by molar-refractivity contribution is -0.152. The van der Waals surface area contributed by atoms with Crippen molar-refractivity contribution in [1.82, 2.24) is 4.90 Å². The molecule has 2 rings (SSSR count). The monoisotopic (exact) mass is 347 g/mol. The average molecular weight is 347 g/mol. The van der Waals surface area contributed by atoms with Crippen molar-refractivity contribution in [2.75, 3.05) is 13.1 Å². The number of piperidine rings is 1. The van der Waals surface area contributed by atoms with Gasteiger partial charge in [-0.3, -0.25) is 4.79 Å². The van der Waals surface area contributed by atoms with Gasteiger partial charge in [-0.25, -0.2) is 4.79 Å². The van der Waals surface area contributed by atoms with Gasteiger partial charge in [0.05, 0.1) is 5.41 Å². The number of likely N-dealkylation sites (tertiary alicyclic amines) is 1. The third-order valence-electron chi connectivity index (χ3n) is 4.79. The smallest absolute Gasteiger partial charge is 0.410 e. The highest BCUT2D eigenvalue weighted by Gasteiger charge is 2.42. The lowest BCUT2D eigenvalue weighted by Crippen LogP contribution is -2.48. The Hall–Kier alpha value is -2.04. The van der Waals surface area contributed by atoms with Crippen molar-refractivity contribution in [2.24, 2.45) is 5.41 Å². The topological polar surface area (TPSA) is 66.8 Å². The molecule has 1 fully saturated rings. The van der Waals surface area contributed by atoms with E-state index in [9.17, 15) is 14.7 Å². The van der Waals surface area contributed by atoms with Crippen LogP contribution in [0.2, 0.25) is 0 Å². The maximum atomic E-state index is 12.1. The number of hydrogen-bond donors (Lipinski definition) is 1. The maximum Gasteiger partial charge on any atom is 0.410 e. The van der Waals surface area contributed by atoms with Crippen LogP contribution in [-0.2, 0) is 16.0 Å². The molecule has 1 saturated heterocycles. The molecule has 1 aromatic rings. The highest BCUT2D eigenvalue weighted by atomic mass is 16.6. The van der Waals surface area contributed by atoms with E-state index in [1.54, 1.807) is 4.90 Å². The third kappa shape index (κ3) is 5.48. The molecule has 0 unspecified atom stereocenters. The summed E-state index contributed by atoms with van der Waals surface area (Å²) in [6, 6.07) is 10.1. The van der Waals surface area contributed by atoms with Crippen LogP contribution in [0.5, 0.6) is 0 Å². The molecule has 1 aliphatic rings. The van der Waals surface area contributed by atoms with Gasteiger partial charge in [-0.1, -0.05) is 30.3 Å². The first-order valence-electron chi connectivity index (χ1n) is 8.97. The summed E-state index contributed by atoms with van der Waals surface area (Å²) >= 11 is 0. The Labute approximate surface area is 150 Å². The van der Waals surface area contributed by atoms with Crippen molar-refractivity contribution in [3.05, 3.63) is 35.9 Å². The highest BCUT2D eigenvalue weighted by molar-refractivity contribution is 5.75. The van der Waals surface area contributed by atoms with Crippen LogP contribution < -0.4 is 0 Å². The van der Waals surface area contributed by atoms with Crippen LogP contribution in [0.1, 0.15) is 52.0 Å². The quantitative estimate of drug-likeness (QED) is 0.870. The molecule has 0 atom stereocenters. The van der Waals surface area contributed by atoms with Gasteiger partial charge in [-0.05, 0) is 58.4 Å². The summed E-state index contributed by atoms with van der Waals surface area (Å²) in [5.74, 6) is -0.746. The third-order valence-corrected chi connectivity index (χ3v) is 4.79. The summed E-state index contributed by atoms with van der Waals surface area (Å²) in [5.41, 5.74) is -0.0317. The van der Waals surface area contributed by atoms with Gasteiger partial charge in [0.2, 0.25) is 0 Å². The van der Waals surface area contributed by atoms with Crippen molar-refractivity contribution >= 4 is 12.1 Å². The van der Waals surface area contributed by atoms with Crippen molar-refractivity contribution in [2.45, 2.75) is 58.5 Å². The summed E-state index contributed by atoms with van der Waals surface area (Å²) in [4.78, 5) is 25.7. The summed E-state index contributed by atoms with van der Waals surface area (Å²) < 4.78 is 5.38. The highest BCUT2D eigenvalue weighted by Crippen LogP contribution is 2.37. The number of ether oxygens (including phenoxy) is 1. The van der Waals surface area contributed by atoms with Crippen molar-refractivity contribution < 1.29 is 19.4 Å². The summed E-state index contributed by atoms with van der Waals surface area (Å²) in [6.07, 6.45) is 2.97. The minimum absolute atomic E-state index is 0.351. The molecule has 0 aliphatic carbocycles. The van der Waals surface area contributed by atoms with Crippen molar-refractivity contribution in [1.29, 1.82) is 0 Å². The number of aliphatic carboxylic acids is 1. The van der Waals surface area contributed by atoms with E-state index in [1.165, 1.54) is 5.56 Å². The Morgan fingerprint density at radius 3 is 2.28 bits per heavy atom. The predicted octanol–water partition coefficient (Wildman–Crippen LogP) is 4.11. The second-order valence-electron chi connectivity index (χ2n) is 7.89. The zero-order valence-corrected chi connectivity index (χ0v) is 15.5. The van der Waals surface area contributed by atoms with Crippen LogP contribution in [0.25, 0.3) is 0 Å². The molecule has 138 valence electrons. The van der Waals surface area contributed by atoms with E-state index in [4.69, 9.17) is 4.74 Å². The van der Waals surface area contributed by atoms with Crippen LogP contribution >= 0.6 is 0 Å². The Morgan fingerprint density at radius 2 is 1.76 bits per heavy atom. The Kier molecular flexibility index (Phi) is 6.09. The van der Waals surface area contributed by atoms with E-state index < -0.39 is 17.0 Å². The number of carboxylic acids is 1. The fourth-order valence-corrected chi connectivity index (χ4v) is 3.29. The number of hydrogen-bond acceptors (Lipinski definition) is 3. The second-order valence-corrected chi connectivity index (χ2v) is 7.89. The maximum absolute atomic E-state index is 12.1. The fourth-order valence-electron chi connectivity index (χ4n) is 3.29. The number of carbonyl (C=O) groups is 2. The Bertz CT molecular complexity index is 583. The molecule has 1 aromatic carbocycles. The molecule has 25 heavy (non-hydrogen) atoms. The van der Waals surface area contributed by atoms with Crippen LogP contribution in [0.4, 0.5) is 4.79 Å². The molecule has 5 heteroatoms. The molecule has 1 heterocycles. The molecule has 0 radical (unpaired) electrons. The molecule has 0 saturated carbocycles. The van der Waals surface area contributed by atoms with Gasteiger partial charge in [0.15, 0.2) is 0 Å². The summed E-state index contributed by atoms with van der Waals surface area (Å²) in [5, 5.41) is 9.76. The van der Waals surface area contributed by atoms with E-state index in [0.29, 0.717) is 32.4 Å². The zero-order valence-electron chi connectivity index (χ0n) is 15.5. The van der Waals surface area contributed by atoms with Gasteiger partial charge in [-0.15, -0.1) is 0 Å². The van der Waals surface area contributed by atoms with E-state index in [2.05, 4.69) is 12.1 Å². The van der Waals surface area contributed by atoms with E-state index in [-0.39, 0.29) is 6.09 Å². The number of carboxylic acid groups (broad SMARTS) is 1. The first kappa shape index (κ1) is 19.3. The molecule has 0 aromatic heterocycles. The van der Waals surface area contributed by atoms with Gasteiger partial charge in [0.1, 0.15) is 5.60 Å². The van der Waals surface area contributed by atoms with Crippen LogP contribution in [0, 0.1) is 5.41 Å². The zero-order chi connectivity index (χ0) is 18.5. The number of carbonyl (C=O) groups excluding carboxylic acids is 1. The molecule has 1 N–H and O–H groups in total. The first-order chi connectivity index (χ1) is 11.7. The molecule has 1 aliphatic heterocycles. The molecular formula is C20H29NO4. The van der Waals surface area contributed by atoms with E-state index in [1.807, 2.05) is 39.0 Å². The number of amides is 1. The number of nitrogens with zero attached hydrogens (tertiary/aromatic N) is 1. The largest absolute Gasteiger partial charge is 0.481 e. The van der Waals surface area contributed by atoms with Gasteiger partial charge in [0.25, 0.3) is 0 Å². The minimum Gasteiger partial charge on any atom is -0.481 e. The second kappa shape index (κ2) is 7.89. The standard InChI is InChI=1S/C20H29NO4/c1-19(2,3)25-18(24)21-14-12-20(13-15-21,17(22)23)11-7-10-16-8-5-4-6-9-16/h4-6,8-9H,7,10-15H2,1-3H3,(H,22,23). The number of rotatable bonds is 5. The normalized spacial score (nSPS) is 17.2. The van der Waals surface area contributed by atoms with Gasteiger partial charge < -0.3 is 14.7 Å². The SMILES string of the molecule is CC(C)(C)OC(=O)N1CCC(CCCc2ccccc2)(C(=O)O)CC1. The van der Waals surface area contributed by atoms with E-state index >= 15 is 0 Å². The van der Waals surface area contributed by atoms with Gasteiger partial charge in [-0.2, -0.15) is 0 Å². The van der Waals surface area contributed by atoms with Crippen LogP contribution in [0.3, 0.4) is 0 Å². The summed E-state index contributed by atoms with van der Waals surface area (Å²) in [6.45, 7) is 6.37. The van der Waals surface area contributed by atoms with Gasteiger partial charge in [0, 0.05) is 13.1 Å². The first-order valence-corrected chi connectivity index (χ1v) is 8.97. The lowest BCUT2D eigenvalue weighted by Gasteiger charge is -2.39. The molecule has 0 bridgehead atoms. The Morgan fingerprint density at radius 1 is 1.16 bits per heavy atom. The average Bonchev–Trinajstić information content (AvgIpc) is 2.54. The van der Waals surface area contributed by atoms with Crippen LogP contribution in [0.15, 0.2) is 30.3 Å². The Balaban J connectivity index is 1.89. The van der Waals surface area contributed by atoms with Crippen molar-refractivity contribution in [3.8, 4) is 0 Å². The number of aryl methyl sites for hydroxylation is 1. The van der Waals surface area contributed by atoms with E-state index in [0.717, 1.165) is 12.8 Å². The minimum atomic E-state index is -0.746. The lowest BCUT2D eigenvalue weighted by atomic mass is 9.74. The molecule has 0 spiro atoms. The van der Waals surface area contributed by atoms with Crippen molar-refractivity contribution in [3.63, 3.8) is 0 Å². The van der Waals surface area contributed by atoms with Gasteiger partial charge >= 0.3 is 12.1 Å². The molecule has 5 nitrogen and oxygen atoms in total. The fraction of sp³-hybridized carbons (Fsp3) is 0.600. The number of benzene rings is 1. The molecular weight excluding hydrogens is 318 g/mol. The predicted molar refractivity (Wildman–Crippen MR) is 96.5 cm³/mol. The summed E-state index contributed by atoms with van der Waals surface area (Å²) in [7, 11) is 0. The van der Waals surface area contributed by atoms with Crippen LogP contribution in [-0.4, -0.2) is 40.8 Å². The molecule has 1 amide bonds.